The molecule has 5 nitrogen and oxygen atoms in total. The van der Waals surface area contributed by atoms with Gasteiger partial charge in [0.25, 0.3) is 0 Å². The predicted octanol–water partition coefficient (Wildman–Crippen LogP) is 4.17. The lowest BCUT2D eigenvalue weighted by atomic mass is 9.87. The quantitative estimate of drug-likeness (QED) is 0.615. The van der Waals surface area contributed by atoms with E-state index in [1.165, 1.54) is 23.1 Å². The number of benzene rings is 2. The maximum Gasteiger partial charge on any atom is 0.228 e. The second-order valence-corrected chi connectivity index (χ2v) is 9.28. The second-order valence-electron chi connectivity index (χ2n) is 9.28. The van der Waals surface area contributed by atoms with Crippen molar-refractivity contribution in [1.29, 1.82) is 0 Å². The van der Waals surface area contributed by atoms with Crippen molar-refractivity contribution in [3.63, 3.8) is 0 Å². The Kier molecular flexibility index (Phi) is 7.59. The number of anilines is 1. The Bertz CT molecular complexity index is 928. The molecule has 2 aromatic carbocycles. The third kappa shape index (κ3) is 5.77. The summed E-state index contributed by atoms with van der Waals surface area (Å²) >= 11 is 0. The maximum absolute atomic E-state index is 13.2. The Hall–Kier alpha value is -2.66. The van der Waals surface area contributed by atoms with Gasteiger partial charge in [0.05, 0.1) is 11.8 Å². The van der Waals surface area contributed by atoms with Gasteiger partial charge in [0, 0.05) is 31.9 Å². The summed E-state index contributed by atoms with van der Waals surface area (Å²) in [5, 5.41) is 6.22. The number of piperidine rings is 1. The van der Waals surface area contributed by atoms with Gasteiger partial charge in [-0.25, -0.2) is 0 Å². The van der Waals surface area contributed by atoms with Gasteiger partial charge in [0.1, 0.15) is 0 Å². The lowest BCUT2D eigenvalue weighted by Gasteiger charge is -2.36. The van der Waals surface area contributed by atoms with Crippen LogP contribution in [0.5, 0.6) is 0 Å². The van der Waals surface area contributed by atoms with E-state index in [0.29, 0.717) is 26.1 Å². The average Bonchev–Trinajstić information content (AvgIpc) is 3.27. The lowest BCUT2D eigenvalue weighted by Crippen LogP contribution is -2.49. The molecule has 2 N–H and O–H groups in total. The topological polar surface area (TPSA) is 61.4 Å². The minimum Gasteiger partial charge on any atom is -0.356 e. The van der Waals surface area contributed by atoms with Crippen LogP contribution in [-0.4, -0.2) is 36.3 Å². The molecule has 1 saturated heterocycles. The summed E-state index contributed by atoms with van der Waals surface area (Å²) in [6, 6.07) is 16.6. The van der Waals surface area contributed by atoms with Gasteiger partial charge in [-0.2, -0.15) is 0 Å². The first-order valence-electron chi connectivity index (χ1n) is 12.1. The van der Waals surface area contributed by atoms with E-state index in [4.69, 9.17) is 0 Å². The van der Waals surface area contributed by atoms with Crippen LogP contribution in [0, 0.1) is 11.8 Å². The van der Waals surface area contributed by atoms with Gasteiger partial charge in [0.2, 0.25) is 11.8 Å². The van der Waals surface area contributed by atoms with Gasteiger partial charge in [-0.15, -0.1) is 0 Å². The fourth-order valence-corrected chi connectivity index (χ4v) is 4.97. The Morgan fingerprint density at radius 2 is 1.72 bits per heavy atom. The van der Waals surface area contributed by atoms with Crippen molar-refractivity contribution >= 4 is 17.5 Å². The number of nitrogens with zero attached hydrogens (tertiary/aromatic N) is 1. The molecule has 2 aromatic rings. The van der Waals surface area contributed by atoms with Gasteiger partial charge in [-0.3, -0.25) is 14.5 Å². The van der Waals surface area contributed by atoms with E-state index in [0.717, 1.165) is 37.9 Å². The molecule has 2 aliphatic rings. The Balaban J connectivity index is 1.44. The summed E-state index contributed by atoms with van der Waals surface area (Å²) in [4.78, 5) is 28.3. The first kappa shape index (κ1) is 22.5. The minimum atomic E-state index is -0.206. The van der Waals surface area contributed by atoms with Gasteiger partial charge >= 0.3 is 0 Å². The number of likely N-dealkylation sites (tertiary alicyclic amines) is 1. The van der Waals surface area contributed by atoms with Gasteiger partial charge in [-0.05, 0) is 60.9 Å². The van der Waals surface area contributed by atoms with E-state index in [2.05, 4.69) is 46.7 Å². The molecular weight excluding hydrogens is 398 g/mol. The molecule has 1 heterocycles. The molecule has 2 amide bonds. The van der Waals surface area contributed by atoms with Crippen LogP contribution in [0.25, 0.3) is 0 Å². The Morgan fingerprint density at radius 1 is 0.969 bits per heavy atom. The van der Waals surface area contributed by atoms with Crippen molar-refractivity contribution in [3.05, 3.63) is 65.2 Å². The molecule has 0 radical (unpaired) electrons. The summed E-state index contributed by atoms with van der Waals surface area (Å²) in [6.45, 7) is 4.94. The van der Waals surface area contributed by atoms with E-state index in [1.54, 1.807) is 0 Å². The molecule has 0 saturated carbocycles. The van der Waals surface area contributed by atoms with Crippen LogP contribution in [0.2, 0.25) is 0 Å². The highest BCUT2D eigenvalue weighted by atomic mass is 16.2. The third-order valence-corrected chi connectivity index (χ3v) is 6.71. The number of hydrogen-bond acceptors (Lipinski definition) is 3. The molecule has 2 atom stereocenters. The Morgan fingerprint density at radius 3 is 2.50 bits per heavy atom. The monoisotopic (exact) mass is 433 g/mol. The zero-order valence-electron chi connectivity index (χ0n) is 19.1. The summed E-state index contributed by atoms with van der Waals surface area (Å²) in [5.41, 5.74) is 4.83. The molecule has 32 heavy (non-hydrogen) atoms. The smallest absolute Gasteiger partial charge is 0.228 e. The van der Waals surface area contributed by atoms with Crippen molar-refractivity contribution in [1.82, 2.24) is 10.2 Å². The van der Waals surface area contributed by atoms with Crippen molar-refractivity contribution in [3.8, 4) is 0 Å². The van der Waals surface area contributed by atoms with Crippen LogP contribution in [0.15, 0.2) is 48.5 Å². The lowest BCUT2D eigenvalue weighted by molar-refractivity contribution is -0.130. The summed E-state index contributed by atoms with van der Waals surface area (Å²) < 4.78 is 0. The zero-order valence-corrected chi connectivity index (χ0v) is 19.1. The van der Waals surface area contributed by atoms with Crippen LogP contribution in [0.1, 0.15) is 49.3 Å². The number of fused-ring (bicyclic) bond motifs is 1. The second kappa shape index (κ2) is 10.8. The maximum atomic E-state index is 13.2. The van der Waals surface area contributed by atoms with Crippen LogP contribution < -0.4 is 10.6 Å². The van der Waals surface area contributed by atoms with E-state index >= 15 is 0 Å². The highest BCUT2D eigenvalue weighted by Gasteiger charge is 2.35. The van der Waals surface area contributed by atoms with E-state index in [1.807, 2.05) is 24.3 Å². The molecule has 0 aromatic heterocycles. The highest BCUT2D eigenvalue weighted by molar-refractivity contribution is 5.93. The zero-order chi connectivity index (χ0) is 22.3. The van der Waals surface area contributed by atoms with Crippen molar-refractivity contribution in [2.24, 2.45) is 11.8 Å². The number of carbonyl (C=O) groups excluding carboxylic acids is 2. The number of amides is 2. The third-order valence-electron chi connectivity index (χ3n) is 6.71. The van der Waals surface area contributed by atoms with E-state index < -0.39 is 0 Å². The first-order valence-corrected chi connectivity index (χ1v) is 12.1. The van der Waals surface area contributed by atoms with E-state index in [-0.39, 0.29) is 23.7 Å². The number of rotatable bonds is 8. The fraction of sp³-hybridized carbons (Fsp3) is 0.481. The number of carbonyl (C=O) groups is 2. The van der Waals surface area contributed by atoms with Gasteiger partial charge < -0.3 is 10.6 Å². The molecule has 4 rings (SSSR count). The van der Waals surface area contributed by atoms with Crippen LogP contribution in [-0.2, 0) is 29.0 Å². The Labute approximate surface area is 191 Å². The van der Waals surface area contributed by atoms with Crippen LogP contribution >= 0.6 is 0 Å². The van der Waals surface area contributed by atoms with E-state index in [9.17, 15) is 9.59 Å². The molecule has 0 bridgehead atoms. The summed E-state index contributed by atoms with van der Waals surface area (Å²) in [5.74, 6) is -0.277. The van der Waals surface area contributed by atoms with Crippen LogP contribution in [0.3, 0.4) is 0 Å². The molecule has 1 aliphatic heterocycles. The van der Waals surface area contributed by atoms with Crippen molar-refractivity contribution in [2.45, 2.75) is 52.0 Å². The molecule has 170 valence electrons. The van der Waals surface area contributed by atoms with Gasteiger partial charge in [-0.1, -0.05) is 49.7 Å². The number of nitrogens with one attached hydrogen (secondary N) is 2. The molecule has 5 heteroatoms. The highest BCUT2D eigenvalue weighted by Crippen LogP contribution is 2.28. The number of unbranched alkanes of at least 4 members (excludes halogenated alkanes) is 1. The minimum absolute atomic E-state index is 0.0204. The predicted molar refractivity (Wildman–Crippen MR) is 128 cm³/mol. The number of aryl methyl sites for hydroxylation is 2. The number of hydrogen-bond donors (Lipinski definition) is 2. The average molecular weight is 434 g/mol. The molecule has 1 aliphatic carbocycles. The molecular formula is C27H35N3O2. The van der Waals surface area contributed by atoms with Crippen molar-refractivity contribution < 1.29 is 9.59 Å². The normalized spacial score (nSPS) is 20.5. The molecule has 0 unspecified atom stereocenters. The van der Waals surface area contributed by atoms with Crippen LogP contribution in [0.4, 0.5) is 5.69 Å². The standard InChI is InChI=1S/C27H35N3O2/c1-2-3-14-28-26(31)23-15-24(19-30(18-23)17-20-8-5-4-6-9-20)27(32)29-25-13-12-21-10-7-11-22(21)16-25/h4-6,8-9,12-13,16,23-24H,2-3,7,10-11,14-15,17-19H2,1H3,(H,28,31)(H,29,32)/t23-,24+/m0/s1. The SMILES string of the molecule is CCCCNC(=O)[C@H]1C[C@@H](C(=O)Nc2ccc3c(c2)CCC3)CN(Cc2ccccc2)C1. The molecule has 1 fully saturated rings. The summed E-state index contributed by atoms with van der Waals surface area (Å²) in [6.07, 6.45) is 6.05. The van der Waals surface area contributed by atoms with Gasteiger partial charge in [0.15, 0.2) is 0 Å². The fourth-order valence-electron chi connectivity index (χ4n) is 4.97. The summed E-state index contributed by atoms with van der Waals surface area (Å²) in [7, 11) is 0. The largest absolute Gasteiger partial charge is 0.356 e. The van der Waals surface area contributed by atoms with Crippen molar-refractivity contribution in [2.75, 3.05) is 25.0 Å². The molecule has 0 spiro atoms. The first-order chi connectivity index (χ1) is 15.6.